The second-order valence-electron chi connectivity index (χ2n) is 5.19. The van der Waals surface area contributed by atoms with E-state index in [2.05, 4.69) is 14.9 Å². The lowest BCUT2D eigenvalue weighted by atomic mass is 10.1. The van der Waals surface area contributed by atoms with E-state index >= 15 is 0 Å². The average molecular weight is 339 g/mol. The van der Waals surface area contributed by atoms with Crippen molar-refractivity contribution >= 4 is 19.9 Å². The molecule has 0 amide bonds. The lowest BCUT2D eigenvalue weighted by molar-refractivity contribution is 0.327. The molecule has 0 saturated heterocycles. The van der Waals surface area contributed by atoms with Gasteiger partial charge in [0.05, 0.1) is 5.75 Å². The van der Waals surface area contributed by atoms with Crippen LogP contribution in [0.4, 0.5) is 0 Å². The predicted molar refractivity (Wildman–Crippen MR) is 76.8 cm³/mol. The van der Waals surface area contributed by atoms with Gasteiger partial charge in [0.15, 0.2) is 0 Å². The van der Waals surface area contributed by atoms with E-state index in [9.17, 15) is 16.8 Å². The standard InChI is InChI=1S/C11H21N3O5S2/c1-5-6-7-21(17,18)14-9(8(2)3)10-12-13-11(19-10)20(4,15)16/h8-9,14H,5-7H2,1-4H3/t9-/m0/s1. The summed E-state index contributed by atoms with van der Waals surface area (Å²) in [5, 5.41) is 6.57. The van der Waals surface area contributed by atoms with Crippen LogP contribution in [-0.4, -0.2) is 39.0 Å². The van der Waals surface area contributed by atoms with Gasteiger partial charge in [-0.1, -0.05) is 32.3 Å². The summed E-state index contributed by atoms with van der Waals surface area (Å²) in [4.78, 5) is 0. The van der Waals surface area contributed by atoms with Crippen LogP contribution in [-0.2, 0) is 19.9 Å². The molecule has 0 aliphatic rings. The second kappa shape index (κ2) is 6.84. The molecule has 1 heterocycles. The Morgan fingerprint density at radius 3 is 2.24 bits per heavy atom. The molecule has 1 atom stereocenters. The highest BCUT2D eigenvalue weighted by molar-refractivity contribution is 7.90. The summed E-state index contributed by atoms with van der Waals surface area (Å²) in [6.45, 7) is 5.44. The molecule has 0 unspecified atom stereocenters. The minimum absolute atomic E-state index is 0.000208. The normalized spacial score (nSPS) is 14.5. The van der Waals surface area contributed by atoms with Gasteiger partial charge in [-0.25, -0.2) is 21.6 Å². The van der Waals surface area contributed by atoms with Crippen LogP contribution in [0.15, 0.2) is 9.64 Å². The zero-order valence-electron chi connectivity index (χ0n) is 12.5. The maximum atomic E-state index is 12.0. The fourth-order valence-corrected chi connectivity index (χ4v) is 3.53. The molecular formula is C11H21N3O5S2. The molecule has 21 heavy (non-hydrogen) atoms. The van der Waals surface area contributed by atoms with Gasteiger partial charge in [-0.3, -0.25) is 0 Å². The summed E-state index contributed by atoms with van der Waals surface area (Å²) in [5.41, 5.74) is 0. The summed E-state index contributed by atoms with van der Waals surface area (Å²) < 4.78 is 54.2. The lowest BCUT2D eigenvalue weighted by Gasteiger charge is -2.18. The van der Waals surface area contributed by atoms with Crippen molar-refractivity contribution in [2.75, 3.05) is 12.0 Å². The van der Waals surface area contributed by atoms with Crippen LogP contribution in [0.3, 0.4) is 0 Å². The minimum Gasteiger partial charge on any atom is -0.411 e. The molecule has 0 spiro atoms. The van der Waals surface area contributed by atoms with Gasteiger partial charge in [-0.15, -0.1) is 5.10 Å². The van der Waals surface area contributed by atoms with Crippen molar-refractivity contribution in [1.29, 1.82) is 0 Å². The van der Waals surface area contributed by atoms with Crippen LogP contribution in [0.2, 0.25) is 0 Å². The molecule has 10 heteroatoms. The first kappa shape index (κ1) is 18.1. The van der Waals surface area contributed by atoms with Crippen molar-refractivity contribution in [1.82, 2.24) is 14.9 Å². The minimum atomic E-state index is -3.62. The summed E-state index contributed by atoms with van der Waals surface area (Å²) in [6.07, 6.45) is 2.24. The first-order valence-corrected chi connectivity index (χ1v) is 10.1. The zero-order valence-corrected chi connectivity index (χ0v) is 14.2. The molecule has 1 N–H and O–H groups in total. The Kier molecular flexibility index (Phi) is 5.88. The SMILES string of the molecule is CCCCS(=O)(=O)N[C@H](c1nnc(S(C)(=O)=O)o1)C(C)C. The third kappa shape index (κ3) is 5.36. The molecule has 0 aliphatic carbocycles. The van der Waals surface area contributed by atoms with Gasteiger partial charge in [0.1, 0.15) is 6.04 Å². The third-order valence-electron chi connectivity index (χ3n) is 2.75. The van der Waals surface area contributed by atoms with Crippen molar-refractivity contribution in [2.45, 2.75) is 44.9 Å². The van der Waals surface area contributed by atoms with Crippen LogP contribution in [0.5, 0.6) is 0 Å². The quantitative estimate of drug-likeness (QED) is 0.747. The molecule has 122 valence electrons. The van der Waals surface area contributed by atoms with E-state index in [1.165, 1.54) is 0 Å². The number of hydrogen-bond acceptors (Lipinski definition) is 7. The highest BCUT2D eigenvalue weighted by atomic mass is 32.2. The molecule has 0 bridgehead atoms. The fourth-order valence-electron chi connectivity index (χ4n) is 1.55. The number of nitrogens with zero attached hydrogens (tertiary/aromatic N) is 2. The van der Waals surface area contributed by atoms with Gasteiger partial charge in [-0.2, -0.15) is 0 Å². The fraction of sp³-hybridized carbons (Fsp3) is 0.818. The number of nitrogens with one attached hydrogen (secondary N) is 1. The van der Waals surface area contributed by atoms with Gasteiger partial charge >= 0.3 is 5.22 Å². The number of aromatic nitrogens is 2. The van der Waals surface area contributed by atoms with E-state index < -0.39 is 31.1 Å². The average Bonchev–Trinajstić information content (AvgIpc) is 2.82. The Labute approximate surface area is 125 Å². The Morgan fingerprint density at radius 2 is 1.81 bits per heavy atom. The smallest absolute Gasteiger partial charge is 0.335 e. The van der Waals surface area contributed by atoms with Crippen LogP contribution < -0.4 is 4.72 Å². The number of unbranched alkanes of at least 4 members (excludes halogenated alkanes) is 1. The summed E-state index contributed by atoms with van der Waals surface area (Å²) in [5.74, 6) is -0.223. The van der Waals surface area contributed by atoms with Crippen molar-refractivity contribution in [3.8, 4) is 0 Å². The molecule has 1 aromatic rings. The first-order chi connectivity index (χ1) is 9.57. The molecule has 8 nitrogen and oxygen atoms in total. The van der Waals surface area contributed by atoms with Gasteiger partial charge in [0, 0.05) is 6.26 Å². The summed E-state index contributed by atoms with van der Waals surface area (Å²) >= 11 is 0. The molecule has 0 aliphatic heterocycles. The highest BCUT2D eigenvalue weighted by Crippen LogP contribution is 2.23. The Bertz CT molecular complexity index is 664. The predicted octanol–water partition coefficient (Wildman–Crippen LogP) is 0.890. The van der Waals surface area contributed by atoms with Crippen LogP contribution in [0, 0.1) is 5.92 Å². The van der Waals surface area contributed by atoms with E-state index in [-0.39, 0.29) is 17.6 Å². The van der Waals surface area contributed by atoms with Gasteiger partial charge in [0.2, 0.25) is 25.8 Å². The summed E-state index contributed by atoms with van der Waals surface area (Å²) in [6, 6.07) is -0.755. The lowest BCUT2D eigenvalue weighted by Crippen LogP contribution is -2.33. The number of hydrogen-bond donors (Lipinski definition) is 1. The Morgan fingerprint density at radius 1 is 1.19 bits per heavy atom. The number of sulfonamides is 1. The van der Waals surface area contributed by atoms with Crippen LogP contribution >= 0.6 is 0 Å². The Balaban J connectivity index is 3.01. The monoisotopic (exact) mass is 339 g/mol. The molecule has 0 fully saturated rings. The number of sulfone groups is 1. The first-order valence-electron chi connectivity index (χ1n) is 6.60. The second-order valence-corrected chi connectivity index (χ2v) is 8.96. The topological polar surface area (TPSA) is 119 Å². The van der Waals surface area contributed by atoms with Gasteiger partial charge in [-0.05, 0) is 12.3 Å². The maximum absolute atomic E-state index is 12.0. The molecule has 1 rings (SSSR count). The highest BCUT2D eigenvalue weighted by Gasteiger charge is 2.28. The maximum Gasteiger partial charge on any atom is 0.335 e. The van der Waals surface area contributed by atoms with E-state index in [1.807, 2.05) is 6.92 Å². The van der Waals surface area contributed by atoms with E-state index in [1.54, 1.807) is 13.8 Å². The number of rotatable bonds is 8. The van der Waals surface area contributed by atoms with E-state index in [4.69, 9.17) is 4.42 Å². The van der Waals surface area contributed by atoms with Crippen molar-refractivity contribution in [2.24, 2.45) is 5.92 Å². The summed E-state index contributed by atoms with van der Waals surface area (Å²) in [7, 11) is -7.11. The van der Waals surface area contributed by atoms with Crippen LogP contribution in [0.25, 0.3) is 0 Å². The molecule has 1 aromatic heterocycles. The zero-order chi connectivity index (χ0) is 16.3. The molecule has 0 radical (unpaired) electrons. The molecular weight excluding hydrogens is 318 g/mol. The third-order valence-corrected chi connectivity index (χ3v) is 4.98. The van der Waals surface area contributed by atoms with Gasteiger partial charge < -0.3 is 4.42 Å². The van der Waals surface area contributed by atoms with Crippen LogP contribution in [0.1, 0.15) is 45.5 Å². The largest absolute Gasteiger partial charge is 0.411 e. The van der Waals surface area contributed by atoms with Gasteiger partial charge in [0.25, 0.3) is 0 Å². The molecule has 0 aromatic carbocycles. The van der Waals surface area contributed by atoms with E-state index in [0.717, 1.165) is 12.7 Å². The van der Waals surface area contributed by atoms with E-state index in [0.29, 0.717) is 6.42 Å². The van der Waals surface area contributed by atoms with Crippen molar-refractivity contribution in [3.05, 3.63) is 5.89 Å². The van der Waals surface area contributed by atoms with Crippen molar-refractivity contribution < 1.29 is 21.3 Å². The van der Waals surface area contributed by atoms with Crippen molar-refractivity contribution in [3.63, 3.8) is 0 Å². The Hall–Kier alpha value is -1.00. The molecule has 0 saturated carbocycles.